The van der Waals surface area contributed by atoms with Gasteiger partial charge < -0.3 is 59.4 Å². The van der Waals surface area contributed by atoms with Crippen LogP contribution in [0.25, 0.3) is 44.5 Å². The molecule has 2 aromatic carbocycles. The maximum absolute atomic E-state index is 13.0. The van der Waals surface area contributed by atoms with Gasteiger partial charge in [-0.1, -0.05) is 11.6 Å². The molecule has 7 aromatic rings. The first-order valence-corrected chi connectivity index (χ1v) is 23.1. The van der Waals surface area contributed by atoms with Crippen molar-refractivity contribution in [2.24, 2.45) is 12.8 Å². The second-order valence-corrected chi connectivity index (χ2v) is 18.2. The van der Waals surface area contributed by atoms with Crippen molar-refractivity contribution >= 4 is 45.4 Å². The highest BCUT2D eigenvalue weighted by molar-refractivity contribution is 6.07. The molecule has 21 nitrogen and oxygen atoms in total. The Labute approximate surface area is 413 Å². The molecule has 72 heavy (non-hydrogen) atoms. The van der Waals surface area contributed by atoms with Crippen molar-refractivity contribution < 1.29 is 53.0 Å². The van der Waals surface area contributed by atoms with E-state index in [2.05, 4.69) is 43.5 Å². The van der Waals surface area contributed by atoms with Crippen molar-refractivity contribution in [3.63, 3.8) is 0 Å². The number of aryl methyl sites for hydroxylation is 2. The molecular formula is C51H57N9O12. The van der Waals surface area contributed by atoms with Crippen LogP contribution >= 0.6 is 0 Å². The zero-order chi connectivity index (χ0) is 51.6. The molecule has 0 radical (unpaired) electrons. The number of nitrogens with two attached hydrogens (primary N) is 1. The van der Waals surface area contributed by atoms with Gasteiger partial charge in [0.2, 0.25) is 6.29 Å². The Morgan fingerprint density at radius 1 is 1.06 bits per heavy atom. The van der Waals surface area contributed by atoms with Crippen LogP contribution in [0.5, 0.6) is 17.2 Å². The minimum atomic E-state index is -1.52. The molecule has 5 unspecified atom stereocenters. The van der Waals surface area contributed by atoms with Crippen molar-refractivity contribution in [1.82, 2.24) is 29.9 Å². The Balaban J connectivity index is 0.000000211. The number of aliphatic hydroxyl groups is 1. The number of fused-ring (bicyclic) bond motifs is 2. The van der Waals surface area contributed by atoms with Crippen LogP contribution in [0, 0.1) is 6.92 Å². The summed E-state index contributed by atoms with van der Waals surface area (Å²) in [6, 6.07) is 15.5. The molecule has 0 aliphatic carbocycles. The van der Waals surface area contributed by atoms with E-state index in [9.17, 15) is 29.7 Å². The van der Waals surface area contributed by atoms with Crippen molar-refractivity contribution in [2.45, 2.75) is 84.2 Å². The number of carbonyl (C=O) groups is 2. The first-order valence-electron chi connectivity index (χ1n) is 23.1. The van der Waals surface area contributed by atoms with E-state index in [0.717, 1.165) is 51.5 Å². The number of aliphatic hydroxyl groups excluding tert-OH is 1. The summed E-state index contributed by atoms with van der Waals surface area (Å²) in [4.78, 5) is 49.4. The van der Waals surface area contributed by atoms with Crippen LogP contribution < -0.4 is 26.3 Å². The van der Waals surface area contributed by atoms with E-state index in [-0.39, 0.29) is 39.6 Å². The number of morpholine rings is 1. The van der Waals surface area contributed by atoms with Gasteiger partial charge in [-0.2, -0.15) is 10.2 Å². The number of phenols is 1. The van der Waals surface area contributed by atoms with Gasteiger partial charge in [0.1, 0.15) is 40.2 Å². The standard InChI is InChI=1S/C31H36N2O11.C20H21N7O/c1-14(2)7-8-16-13-17(9-11-19(16)34)27(37)33-21-22(35)18-10-12-20(15(3)24(18)42-28(21)38)41-29-23(36)25(43-30(32)39)26(40-6)31(4,5)44-29;1-13-12-28-10-9-27(13)18-11-15(17-5-8-23-26(17)2)14-3-6-21-20(19(14)24-18)16-4-7-22-25-16/h7,9-13,23,25-26,29,34-36H,8H2,1-6H3,(H2,32,39)(H,33,37);3-8,11,13H,9-10,12H2,1-2H3,(H,22,25). The predicted molar refractivity (Wildman–Crippen MR) is 266 cm³/mol. The fourth-order valence-corrected chi connectivity index (χ4v) is 8.85. The molecule has 0 bridgehead atoms. The summed E-state index contributed by atoms with van der Waals surface area (Å²) in [6.45, 7) is 13.1. The Kier molecular flexibility index (Phi) is 14.6. The zero-order valence-corrected chi connectivity index (χ0v) is 41.0. The Morgan fingerprint density at radius 2 is 1.85 bits per heavy atom. The van der Waals surface area contributed by atoms with Gasteiger partial charge in [-0.25, -0.2) is 14.6 Å². The molecular weight excluding hydrogens is 931 g/mol. The van der Waals surface area contributed by atoms with Gasteiger partial charge in [-0.05, 0) is 108 Å². The largest absolute Gasteiger partial charge is 0.508 e. The number of nitrogens with one attached hydrogen (secondary N) is 2. The van der Waals surface area contributed by atoms with Crippen LogP contribution in [-0.4, -0.2) is 120 Å². The number of rotatable bonds is 11. The number of H-pyrrole nitrogens is 1. The van der Waals surface area contributed by atoms with Crippen molar-refractivity contribution in [3.05, 3.63) is 112 Å². The second-order valence-electron chi connectivity index (χ2n) is 18.2. The zero-order valence-electron chi connectivity index (χ0n) is 41.0. The summed E-state index contributed by atoms with van der Waals surface area (Å²) in [5.41, 5.74) is 9.15. The van der Waals surface area contributed by atoms with E-state index in [0.29, 0.717) is 25.2 Å². The molecule has 5 aromatic heterocycles. The summed E-state index contributed by atoms with van der Waals surface area (Å²) >= 11 is 0. The van der Waals surface area contributed by atoms with Crippen molar-refractivity contribution in [2.75, 3.05) is 37.1 Å². The number of ether oxygens (including phenoxy) is 5. The number of methoxy groups -OCH3 is 1. The number of carbonyl (C=O) groups excluding carboxylic acids is 2. The van der Waals surface area contributed by atoms with Crippen LogP contribution in [0.2, 0.25) is 0 Å². The average molecular weight is 988 g/mol. The Hall–Kier alpha value is -7.85. The van der Waals surface area contributed by atoms with E-state index in [1.165, 1.54) is 37.4 Å². The topological polar surface area (TPSA) is 285 Å². The summed E-state index contributed by atoms with van der Waals surface area (Å²) < 4.78 is 35.4. The van der Waals surface area contributed by atoms with Gasteiger partial charge in [0.15, 0.2) is 23.6 Å². The van der Waals surface area contributed by atoms with Crippen LogP contribution in [-0.2, 0) is 32.4 Å². The quantitative estimate of drug-likeness (QED) is 0.0615. The van der Waals surface area contributed by atoms with Gasteiger partial charge in [-0.3, -0.25) is 19.6 Å². The molecule has 21 heteroatoms. The highest BCUT2D eigenvalue weighted by Crippen LogP contribution is 2.40. The number of benzene rings is 2. The first kappa shape index (κ1) is 50.5. The van der Waals surface area contributed by atoms with Crippen LogP contribution in [0.1, 0.15) is 56.1 Å². The monoisotopic (exact) mass is 987 g/mol. The molecule has 2 saturated heterocycles. The average Bonchev–Trinajstić information content (AvgIpc) is 4.04. The molecule has 2 fully saturated rings. The molecule has 5 atom stereocenters. The number of primary amides is 1. The summed E-state index contributed by atoms with van der Waals surface area (Å²) in [7, 11) is 3.32. The van der Waals surface area contributed by atoms with E-state index in [4.69, 9.17) is 38.8 Å². The fourth-order valence-electron chi connectivity index (χ4n) is 8.85. The molecule has 2 aliphatic heterocycles. The third-order valence-electron chi connectivity index (χ3n) is 12.6. The first-order chi connectivity index (χ1) is 34.4. The highest BCUT2D eigenvalue weighted by Gasteiger charge is 2.53. The number of amides is 2. The number of aromatic amines is 1. The summed E-state index contributed by atoms with van der Waals surface area (Å²) in [5, 5.41) is 47.1. The van der Waals surface area contributed by atoms with E-state index >= 15 is 0 Å². The fraction of sp³-hybridized carbons (Fsp3) is 0.353. The molecule has 9 rings (SSSR count). The van der Waals surface area contributed by atoms with Gasteiger partial charge in [0, 0.05) is 61.4 Å². The van der Waals surface area contributed by atoms with Crippen LogP contribution in [0.4, 0.5) is 16.3 Å². The number of pyridine rings is 2. The van der Waals surface area contributed by atoms with Gasteiger partial charge in [0.25, 0.3) is 5.91 Å². The van der Waals surface area contributed by atoms with E-state index in [1.807, 2.05) is 62.2 Å². The molecule has 0 spiro atoms. The summed E-state index contributed by atoms with van der Waals surface area (Å²) in [5.74, 6) is -0.164. The second kappa shape index (κ2) is 20.9. The van der Waals surface area contributed by atoms with E-state index in [1.54, 1.807) is 27.0 Å². The smallest absolute Gasteiger partial charge is 0.404 e. The lowest BCUT2D eigenvalue weighted by atomic mass is 9.89. The molecule has 2 amide bonds. The lowest BCUT2D eigenvalue weighted by Crippen LogP contribution is -2.65. The Morgan fingerprint density at radius 3 is 2.53 bits per heavy atom. The van der Waals surface area contributed by atoms with Gasteiger partial charge >= 0.3 is 11.7 Å². The number of anilines is 2. The minimum Gasteiger partial charge on any atom is -0.508 e. The highest BCUT2D eigenvalue weighted by atomic mass is 16.7. The normalized spacial score (nSPS) is 19.6. The van der Waals surface area contributed by atoms with Gasteiger partial charge in [-0.15, -0.1) is 0 Å². The molecule has 7 heterocycles. The number of phenolic OH excluding ortho intramolecular Hbond substituents is 1. The number of allylic oxidation sites excluding steroid dienone is 2. The molecule has 0 saturated carbocycles. The maximum atomic E-state index is 13.0. The number of nitrogens with zero attached hydrogens (tertiary/aromatic N) is 6. The lowest BCUT2D eigenvalue weighted by Gasteiger charge is -2.47. The predicted octanol–water partition coefficient (Wildman–Crippen LogP) is 6.27. The number of hydrogen-bond donors (Lipinski definition) is 6. The van der Waals surface area contributed by atoms with Gasteiger partial charge in [0.05, 0.1) is 41.6 Å². The van der Waals surface area contributed by atoms with Crippen LogP contribution in [0.15, 0.2) is 94.0 Å². The van der Waals surface area contributed by atoms with E-state index < -0.39 is 59.3 Å². The third-order valence-corrected chi connectivity index (χ3v) is 12.6. The molecule has 2 aliphatic rings. The summed E-state index contributed by atoms with van der Waals surface area (Å²) in [6.07, 6.45) is 1.55. The molecule has 378 valence electrons. The number of aromatic hydroxyl groups is 2. The van der Waals surface area contributed by atoms with Crippen LogP contribution in [0.3, 0.4) is 0 Å². The number of hydrogen-bond acceptors (Lipinski definition) is 17. The lowest BCUT2D eigenvalue weighted by molar-refractivity contribution is -0.304. The van der Waals surface area contributed by atoms with Crippen molar-refractivity contribution in [1.29, 1.82) is 0 Å². The SMILES string of the molecule is CC1COCCN1c1cc(-c2ccnn2C)c2ccnc(-c3ccn[nH]3)c2n1.COC1C(OC(N)=O)C(O)C(Oc2ccc3c(O)c(NC(=O)c4ccc(O)c(CC=C(C)C)c4)c(=O)oc3c2C)OC1(C)C. The minimum absolute atomic E-state index is 0.0183. The van der Waals surface area contributed by atoms with Crippen molar-refractivity contribution in [3.8, 4) is 39.9 Å². The number of aromatic nitrogens is 6. The maximum Gasteiger partial charge on any atom is 0.404 e. The third kappa shape index (κ3) is 10.3. The molecule has 7 N–H and O–H groups in total. The Bertz CT molecular complexity index is 3220.